The van der Waals surface area contributed by atoms with Crippen LogP contribution in [0, 0.1) is 18.8 Å². The molecule has 2 N–H and O–H groups in total. The summed E-state index contributed by atoms with van der Waals surface area (Å²) in [7, 11) is 0. The molecule has 0 radical (unpaired) electrons. The van der Waals surface area contributed by atoms with Gasteiger partial charge in [0.1, 0.15) is 5.69 Å². The van der Waals surface area contributed by atoms with Gasteiger partial charge in [0.05, 0.1) is 11.6 Å². The van der Waals surface area contributed by atoms with Gasteiger partial charge in [-0.15, -0.1) is 0 Å². The van der Waals surface area contributed by atoms with Crippen molar-refractivity contribution in [1.82, 2.24) is 14.7 Å². The first-order chi connectivity index (χ1) is 11.8. The zero-order chi connectivity index (χ0) is 18.1. The molecule has 1 aliphatic heterocycles. The number of nitrogens with one attached hydrogen (secondary N) is 1. The van der Waals surface area contributed by atoms with Gasteiger partial charge in [-0.1, -0.05) is 24.6 Å². The van der Waals surface area contributed by atoms with Crippen molar-refractivity contribution in [3.63, 3.8) is 0 Å². The van der Waals surface area contributed by atoms with Gasteiger partial charge in [0.2, 0.25) is 0 Å². The molecule has 0 aliphatic carbocycles. The number of amides is 1. The van der Waals surface area contributed by atoms with Crippen LogP contribution < -0.4 is 5.56 Å². The fourth-order valence-electron chi connectivity index (χ4n) is 3.26. The number of carbonyl (C=O) groups is 2. The molecule has 2 heterocycles. The summed E-state index contributed by atoms with van der Waals surface area (Å²) in [6, 6.07) is 8.62. The Morgan fingerprint density at radius 3 is 2.52 bits per heavy atom. The molecule has 2 atom stereocenters. The van der Waals surface area contributed by atoms with Gasteiger partial charge in [0, 0.05) is 19.2 Å². The number of aromatic amines is 1. The number of rotatable bonds is 3. The second-order valence-electron chi connectivity index (χ2n) is 6.77. The van der Waals surface area contributed by atoms with Crippen LogP contribution in [0.5, 0.6) is 0 Å². The summed E-state index contributed by atoms with van der Waals surface area (Å²) in [6.45, 7) is 4.53. The fourth-order valence-corrected chi connectivity index (χ4v) is 3.26. The number of H-pyrrole nitrogens is 1. The maximum atomic E-state index is 12.7. The standard InChI is InChI=1S/C18H21N3O4/c1-11-3-5-14(6-4-11)21-16(22)8-15(19-21)17(23)20-9-12(2)7-13(10-20)18(24)25/h3-6,8,12-13,19H,7,9-10H2,1-2H3,(H,24,25). The number of benzene rings is 1. The lowest BCUT2D eigenvalue weighted by atomic mass is 9.90. The summed E-state index contributed by atoms with van der Waals surface area (Å²) in [5.41, 5.74) is 1.56. The van der Waals surface area contributed by atoms with Crippen LogP contribution in [0.15, 0.2) is 35.1 Å². The smallest absolute Gasteiger partial charge is 0.308 e. The van der Waals surface area contributed by atoms with Crippen LogP contribution in [0.1, 0.15) is 29.4 Å². The highest BCUT2D eigenvalue weighted by molar-refractivity contribution is 5.92. The maximum absolute atomic E-state index is 12.7. The SMILES string of the molecule is Cc1ccc(-n2[nH]c(C(=O)N3CC(C)CC(C(=O)O)C3)cc2=O)cc1. The highest BCUT2D eigenvalue weighted by atomic mass is 16.4. The van der Waals surface area contributed by atoms with Crippen LogP contribution in [0.2, 0.25) is 0 Å². The van der Waals surface area contributed by atoms with Crippen LogP contribution in [0.3, 0.4) is 0 Å². The van der Waals surface area contributed by atoms with Crippen LogP contribution in [0.25, 0.3) is 5.69 Å². The topological polar surface area (TPSA) is 95.4 Å². The van der Waals surface area contributed by atoms with Crippen molar-refractivity contribution in [2.45, 2.75) is 20.3 Å². The zero-order valence-electron chi connectivity index (χ0n) is 14.2. The summed E-state index contributed by atoms with van der Waals surface area (Å²) in [6.07, 6.45) is 0.556. The van der Waals surface area contributed by atoms with Crippen LogP contribution in [-0.4, -0.2) is 44.8 Å². The molecule has 0 bridgehead atoms. The number of carbonyl (C=O) groups excluding carboxylic acids is 1. The Morgan fingerprint density at radius 2 is 1.88 bits per heavy atom. The van der Waals surface area contributed by atoms with E-state index in [0.29, 0.717) is 18.7 Å². The van der Waals surface area contributed by atoms with Gasteiger partial charge in [0.15, 0.2) is 0 Å². The number of piperidine rings is 1. The molecule has 1 saturated heterocycles. The van der Waals surface area contributed by atoms with Crippen molar-refractivity contribution < 1.29 is 14.7 Å². The maximum Gasteiger partial charge on any atom is 0.308 e. The van der Waals surface area contributed by atoms with E-state index >= 15 is 0 Å². The van der Waals surface area contributed by atoms with Gasteiger partial charge in [-0.2, -0.15) is 0 Å². The van der Waals surface area contributed by atoms with Crippen molar-refractivity contribution >= 4 is 11.9 Å². The second-order valence-corrected chi connectivity index (χ2v) is 6.77. The largest absolute Gasteiger partial charge is 0.481 e. The number of carboxylic acid groups (broad SMARTS) is 1. The van der Waals surface area contributed by atoms with E-state index in [4.69, 9.17) is 0 Å². The van der Waals surface area contributed by atoms with E-state index in [1.807, 2.05) is 26.0 Å². The molecular weight excluding hydrogens is 322 g/mol. The Bertz CT molecular complexity index is 850. The fraction of sp³-hybridized carbons (Fsp3) is 0.389. The van der Waals surface area contributed by atoms with E-state index in [2.05, 4.69) is 5.10 Å². The zero-order valence-corrected chi connectivity index (χ0v) is 14.2. The molecule has 1 amide bonds. The van der Waals surface area contributed by atoms with E-state index in [1.54, 1.807) is 12.1 Å². The number of aliphatic carboxylic acids is 1. The first-order valence-electron chi connectivity index (χ1n) is 8.26. The van der Waals surface area contributed by atoms with Gasteiger partial charge in [0.25, 0.3) is 11.5 Å². The number of nitrogens with zero attached hydrogens (tertiary/aromatic N) is 2. The molecular formula is C18H21N3O4. The van der Waals surface area contributed by atoms with Crippen molar-refractivity contribution in [1.29, 1.82) is 0 Å². The van der Waals surface area contributed by atoms with Crippen LogP contribution >= 0.6 is 0 Å². The first kappa shape index (κ1) is 17.0. The molecule has 1 aromatic carbocycles. The molecule has 1 aromatic heterocycles. The summed E-state index contributed by atoms with van der Waals surface area (Å²) >= 11 is 0. The second kappa shape index (κ2) is 6.58. The molecule has 2 aromatic rings. The molecule has 2 unspecified atom stereocenters. The van der Waals surface area contributed by atoms with E-state index in [9.17, 15) is 19.5 Å². The predicted molar refractivity (Wildman–Crippen MR) is 91.9 cm³/mol. The number of aryl methyl sites for hydroxylation is 1. The van der Waals surface area contributed by atoms with Gasteiger partial charge in [-0.3, -0.25) is 19.5 Å². The lowest BCUT2D eigenvalue weighted by Gasteiger charge is -2.34. The Labute approximate surface area is 144 Å². The molecule has 1 aliphatic rings. The Hall–Kier alpha value is -2.83. The van der Waals surface area contributed by atoms with E-state index < -0.39 is 11.9 Å². The van der Waals surface area contributed by atoms with Crippen molar-refractivity contribution in [2.75, 3.05) is 13.1 Å². The molecule has 1 fully saturated rings. The van der Waals surface area contributed by atoms with Crippen molar-refractivity contribution in [3.05, 3.63) is 51.9 Å². The summed E-state index contributed by atoms with van der Waals surface area (Å²) < 4.78 is 1.31. The highest BCUT2D eigenvalue weighted by Crippen LogP contribution is 2.23. The number of aromatic nitrogens is 2. The molecule has 7 heteroatoms. The van der Waals surface area contributed by atoms with E-state index in [0.717, 1.165) is 5.56 Å². The third-order valence-corrected chi connectivity index (χ3v) is 4.54. The molecule has 7 nitrogen and oxygen atoms in total. The van der Waals surface area contributed by atoms with Gasteiger partial charge < -0.3 is 10.0 Å². The Morgan fingerprint density at radius 1 is 1.20 bits per heavy atom. The lowest BCUT2D eigenvalue weighted by Crippen LogP contribution is -2.45. The van der Waals surface area contributed by atoms with Crippen LogP contribution in [-0.2, 0) is 4.79 Å². The van der Waals surface area contributed by atoms with Gasteiger partial charge >= 0.3 is 5.97 Å². The molecule has 0 spiro atoms. The number of hydrogen-bond donors (Lipinski definition) is 2. The molecule has 132 valence electrons. The van der Waals surface area contributed by atoms with Gasteiger partial charge in [-0.05, 0) is 31.4 Å². The Kier molecular flexibility index (Phi) is 4.48. The Balaban J connectivity index is 1.85. The highest BCUT2D eigenvalue weighted by Gasteiger charge is 2.33. The predicted octanol–water partition coefficient (Wildman–Crippen LogP) is 1.66. The third kappa shape index (κ3) is 3.50. The van der Waals surface area contributed by atoms with Gasteiger partial charge in [-0.25, -0.2) is 4.68 Å². The third-order valence-electron chi connectivity index (χ3n) is 4.54. The number of carboxylic acids is 1. The summed E-state index contributed by atoms with van der Waals surface area (Å²) in [5.74, 6) is -1.71. The minimum atomic E-state index is -0.893. The lowest BCUT2D eigenvalue weighted by molar-refractivity contribution is -0.143. The number of likely N-dealkylation sites (tertiary alicyclic amines) is 1. The normalized spacial score (nSPS) is 20.5. The summed E-state index contributed by atoms with van der Waals surface area (Å²) in [5, 5.41) is 12.1. The van der Waals surface area contributed by atoms with E-state index in [1.165, 1.54) is 15.6 Å². The quantitative estimate of drug-likeness (QED) is 0.886. The monoisotopic (exact) mass is 343 g/mol. The van der Waals surface area contributed by atoms with Crippen molar-refractivity contribution in [3.8, 4) is 5.69 Å². The minimum Gasteiger partial charge on any atom is -0.481 e. The number of hydrogen-bond acceptors (Lipinski definition) is 3. The minimum absolute atomic E-state index is 0.102. The van der Waals surface area contributed by atoms with Crippen molar-refractivity contribution in [2.24, 2.45) is 11.8 Å². The molecule has 0 saturated carbocycles. The average molecular weight is 343 g/mol. The molecule has 3 rings (SSSR count). The van der Waals surface area contributed by atoms with E-state index in [-0.39, 0.29) is 29.6 Å². The first-order valence-corrected chi connectivity index (χ1v) is 8.26. The van der Waals surface area contributed by atoms with Crippen LogP contribution in [0.4, 0.5) is 0 Å². The average Bonchev–Trinajstić information content (AvgIpc) is 2.96. The summed E-state index contributed by atoms with van der Waals surface area (Å²) in [4.78, 5) is 37.7. The molecule has 25 heavy (non-hydrogen) atoms.